The second-order valence-corrected chi connectivity index (χ2v) is 4.66. The Morgan fingerprint density at radius 2 is 2.25 bits per heavy atom. The van der Waals surface area contributed by atoms with E-state index in [1.165, 1.54) is 0 Å². The van der Waals surface area contributed by atoms with Crippen LogP contribution in [0.3, 0.4) is 0 Å². The largest absolute Gasteiger partial charge is 0.353 e. The summed E-state index contributed by atoms with van der Waals surface area (Å²) in [6.45, 7) is 3.53. The molecule has 16 heavy (non-hydrogen) atoms. The summed E-state index contributed by atoms with van der Waals surface area (Å²) < 4.78 is 0. The van der Waals surface area contributed by atoms with E-state index in [0.29, 0.717) is 19.1 Å². The van der Waals surface area contributed by atoms with Gasteiger partial charge in [0, 0.05) is 19.1 Å². The maximum atomic E-state index is 12.1. The third kappa shape index (κ3) is 2.52. The second kappa shape index (κ2) is 4.82. The van der Waals surface area contributed by atoms with Crippen molar-refractivity contribution < 1.29 is 9.59 Å². The number of piperidine rings is 1. The van der Waals surface area contributed by atoms with Gasteiger partial charge in [0.1, 0.15) is 0 Å². The highest BCUT2D eigenvalue weighted by atomic mass is 16.2. The summed E-state index contributed by atoms with van der Waals surface area (Å²) in [5, 5.41) is 6.03. The molecule has 2 aliphatic heterocycles. The Bertz CT molecular complexity index is 293. The van der Waals surface area contributed by atoms with Gasteiger partial charge >= 0.3 is 0 Å². The highest BCUT2D eigenvalue weighted by Gasteiger charge is 2.30. The van der Waals surface area contributed by atoms with Gasteiger partial charge in [-0.2, -0.15) is 0 Å². The van der Waals surface area contributed by atoms with Gasteiger partial charge in [-0.15, -0.1) is 0 Å². The molecule has 2 N–H and O–H groups in total. The molecule has 2 unspecified atom stereocenters. The number of nitrogens with one attached hydrogen (secondary N) is 2. The van der Waals surface area contributed by atoms with E-state index >= 15 is 0 Å². The monoisotopic (exact) mass is 225 g/mol. The van der Waals surface area contributed by atoms with Gasteiger partial charge in [-0.1, -0.05) is 0 Å². The number of piperazine rings is 1. The van der Waals surface area contributed by atoms with Crippen molar-refractivity contribution in [1.82, 2.24) is 15.5 Å². The quantitative estimate of drug-likeness (QED) is 0.631. The minimum atomic E-state index is -0.0883. The SMILES string of the molecule is CC1CCCC(C(=O)N2CCNC(=O)C2)N1. The Kier molecular flexibility index (Phi) is 3.43. The number of rotatable bonds is 1. The van der Waals surface area contributed by atoms with Crippen molar-refractivity contribution >= 4 is 11.8 Å². The van der Waals surface area contributed by atoms with Crippen LogP contribution in [0.15, 0.2) is 0 Å². The molecule has 0 bridgehead atoms. The highest BCUT2D eigenvalue weighted by molar-refractivity contribution is 5.88. The number of carbonyl (C=O) groups is 2. The molecule has 2 atom stereocenters. The van der Waals surface area contributed by atoms with Crippen LogP contribution in [-0.2, 0) is 9.59 Å². The average molecular weight is 225 g/mol. The maximum Gasteiger partial charge on any atom is 0.240 e. The normalized spacial score (nSPS) is 31.1. The lowest BCUT2D eigenvalue weighted by Crippen LogP contribution is -2.57. The Morgan fingerprint density at radius 1 is 1.44 bits per heavy atom. The molecule has 2 saturated heterocycles. The predicted octanol–water partition coefficient (Wildman–Crippen LogP) is -0.525. The summed E-state index contributed by atoms with van der Waals surface area (Å²) in [5.41, 5.74) is 0. The van der Waals surface area contributed by atoms with E-state index in [0.717, 1.165) is 19.3 Å². The van der Waals surface area contributed by atoms with E-state index in [4.69, 9.17) is 0 Å². The molecule has 2 fully saturated rings. The van der Waals surface area contributed by atoms with Crippen LogP contribution < -0.4 is 10.6 Å². The van der Waals surface area contributed by atoms with Gasteiger partial charge in [0.15, 0.2) is 0 Å². The van der Waals surface area contributed by atoms with E-state index in [2.05, 4.69) is 17.6 Å². The first-order chi connectivity index (χ1) is 7.66. The predicted molar refractivity (Wildman–Crippen MR) is 59.8 cm³/mol. The molecule has 5 nitrogen and oxygen atoms in total. The van der Waals surface area contributed by atoms with Crippen LogP contribution in [0.2, 0.25) is 0 Å². The Balaban J connectivity index is 1.92. The van der Waals surface area contributed by atoms with Gasteiger partial charge in [-0.3, -0.25) is 9.59 Å². The summed E-state index contributed by atoms with van der Waals surface area (Å²) in [4.78, 5) is 25.0. The smallest absolute Gasteiger partial charge is 0.240 e. The van der Waals surface area contributed by atoms with Crippen molar-refractivity contribution in [2.24, 2.45) is 0 Å². The molecule has 0 aliphatic carbocycles. The number of nitrogens with zero attached hydrogens (tertiary/aromatic N) is 1. The summed E-state index contributed by atoms with van der Waals surface area (Å²) in [5.74, 6) is 0.0323. The molecule has 2 rings (SSSR count). The standard InChI is InChI=1S/C11H19N3O2/c1-8-3-2-4-9(13-8)11(16)14-6-5-12-10(15)7-14/h8-9,13H,2-7H2,1H3,(H,12,15). The minimum absolute atomic E-state index is 0.0524. The van der Waals surface area contributed by atoms with Crippen molar-refractivity contribution in [3.05, 3.63) is 0 Å². The van der Waals surface area contributed by atoms with Gasteiger partial charge in [-0.25, -0.2) is 0 Å². The first-order valence-corrected chi connectivity index (χ1v) is 5.98. The molecule has 2 amide bonds. The van der Waals surface area contributed by atoms with E-state index in [9.17, 15) is 9.59 Å². The lowest BCUT2D eigenvalue weighted by Gasteiger charge is -2.34. The van der Waals surface area contributed by atoms with Crippen molar-refractivity contribution in [1.29, 1.82) is 0 Å². The molecule has 0 aromatic carbocycles. The van der Waals surface area contributed by atoms with E-state index < -0.39 is 0 Å². The molecule has 5 heteroatoms. The van der Waals surface area contributed by atoms with Gasteiger partial charge in [0.25, 0.3) is 0 Å². The first-order valence-electron chi connectivity index (χ1n) is 5.98. The van der Waals surface area contributed by atoms with Crippen molar-refractivity contribution in [2.45, 2.75) is 38.3 Å². The number of amides is 2. The molecule has 2 heterocycles. The van der Waals surface area contributed by atoms with Crippen LogP contribution in [0.1, 0.15) is 26.2 Å². The topological polar surface area (TPSA) is 61.4 Å². The molecule has 0 aromatic rings. The van der Waals surface area contributed by atoms with Gasteiger partial charge in [0.05, 0.1) is 12.6 Å². The van der Waals surface area contributed by atoms with Crippen LogP contribution in [0.5, 0.6) is 0 Å². The summed E-state index contributed by atoms with van der Waals surface area (Å²) in [6, 6.07) is 0.316. The fourth-order valence-corrected chi connectivity index (χ4v) is 2.38. The lowest BCUT2D eigenvalue weighted by molar-refractivity contribution is -0.140. The number of hydrogen-bond donors (Lipinski definition) is 2. The van der Waals surface area contributed by atoms with Crippen LogP contribution in [0, 0.1) is 0 Å². The molecular formula is C11H19N3O2. The van der Waals surface area contributed by atoms with E-state index in [-0.39, 0.29) is 24.4 Å². The van der Waals surface area contributed by atoms with Gasteiger partial charge < -0.3 is 15.5 Å². The van der Waals surface area contributed by atoms with Gasteiger partial charge in [0.2, 0.25) is 11.8 Å². The Morgan fingerprint density at radius 3 is 2.94 bits per heavy atom. The van der Waals surface area contributed by atoms with Crippen molar-refractivity contribution in [2.75, 3.05) is 19.6 Å². The van der Waals surface area contributed by atoms with Crippen LogP contribution in [0.25, 0.3) is 0 Å². The van der Waals surface area contributed by atoms with E-state index in [1.807, 2.05) is 0 Å². The maximum absolute atomic E-state index is 12.1. The minimum Gasteiger partial charge on any atom is -0.353 e. The van der Waals surface area contributed by atoms with Crippen molar-refractivity contribution in [3.63, 3.8) is 0 Å². The third-order valence-electron chi connectivity index (χ3n) is 3.26. The van der Waals surface area contributed by atoms with Gasteiger partial charge in [-0.05, 0) is 26.2 Å². The Labute approximate surface area is 95.6 Å². The second-order valence-electron chi connectivity index (χ2n) is 4.66. The average Bonchev–Trinajstić information content (AvgIpc) is 2.28. The van der Waals surface area contributed by atoms with Crippen LogP contribution >= 0.6 is 0 Å². The lowest BCUT2D eigenvalue weighted by atomic mass is 9.98. The fraction of sp³-hybridized carbons (Fsp3) is 0.818. The zero-order valence-corrected chi connectivity index (χ0v) is 9.66. The molecule has 0 aromatic heterocycles. The first kappa shape index (κ1) is 11.4. The molecule has 0 radical (unpaired) electrons. The highest BCUT2D eigenvalue weighted by Crippen LogP contribution is 2.14. The van der Waals surface area contributed by atoms with Crippen molar-refractivity contribution in [3.8, 4) is 0 Å². The number of carbonyl (C=O) groups excluding carboxylic acids is 2. The third-order valence-corrected chi connectivity index (χ3v) is 3.26. The summed E-state index contributed by atoms with van der Waals surface area (Å²) in [7, 11) is 0. The zero-order valence-electron chi connectivity index (χ0n) is 9.66. The zero-order chi connectivity index (χ0) is 11.5. The summed E-state index contributed by atoms with van der Waals surface area (Å²) >= 11 is 0. The summed E-state index contributed by atoms with van der Waals surface area (Å²) in [6.07, 6.45) is 3.11. The molecule has 0 spiro atoms. The number of hydrogen-bond acceptors (Lipinski definition) is 3. The van der Waals surface area contributed by atoms with E-state index in [1.54, 1.807) is 4.90 Å². The van der Waals surface area contributed by atoms with Crippen LogP contribution in [0.4, 0.5) is 0 Å². The molecule has 0 saturated carbocycles. The molecule has 90 valence electrons. The molecule has 2 aliphatic rings. The fourth-order valence-electron chi connectivity index (χ4n) is 2.38. The van der Waals surface area contributed by atoms with Crippen LogP contribution in [-0.4, -0.2) is 48.4 Å². The Hall–Kier alpha value is -1.10. The molecular weight excluding hydrogens is 206 g/mol.